The summed E-state index contributed by atoms with van der Waals surface area (Å²) < 4.78 is 6.59. The van der Waals surface area contributed by atoms with Crippen LogP contribution in [-0.4, -0.2) is 12.1 Å². The lowest BCUT2D eigenvalue weighted by molar-refractivity contribution is 0.412. The molecule has 1 aromatic carbocycles. The van der Waals surface area contributed by atoms with Gasteiger partial charge in [-0.2, -0.15) is 0 Å². The molecule has 0 spiro atoms. The van der Waals surface area contributed by atoms with Crippen LogP contribution < -0.4 is 4.74 Å². The number of ether oxygens (including phenoxy) is 1. The zero-order valence-electron chi connectivity index (χ0n) is 8.44. The first-order valence-corrected chi connectivity index (χ1v) is 5.54. The van der Waals surface area contributed by atoms with E-state index in [9.17, 15) is 0 Å². The van der Waals surface area contributed by atoms with Gasteiger partial charge in [-0.15, -0.1) is 0 Å². The molecule has 0 atom stereocenters. The molecule has 0 unspecified atom stereocenters. The fraction of sp³-hybridized carbons (Fsp3) is 0.273. The van der Waals surface area contributed by atoms with Crippen LogP contribution in [0.25, 0.3) is 10.9 Å². The van der Waals surface area contributed by atoms with Crippen LogP contribution in [0.15, 0.2) is 12.1 Å². The van der Waals surface area contributed by atoms with Crippen molar-refractivity contribution in [1.82, 2.24) is 4.98 Å². The average molecular weight is 301 g/mol. The number of aryl methyl sites for hydroxylation is 2. The molecule has 0 saturated heterocycles. The number of rotatable bonds is 1. The van der Waals surface area contributed by atoms with Gasteiger partial charge in [-0.3, -0.25) is 0 Å². The average Bonchev–Trinajstić information content (AvgIpc) is 2.44. The van der Waals surface area contributed by atoms with Crippen LogP contribution in [0.4, 0.5) is 0 Å². The fourth-order valence-electron chi connectivity index (χ4n) is 1.75. The van der Waals surface area contributed by atoms with Gasteiger partial charge in [0, 0.05) is 25.7 Å². The maximum Gasteiger partial charge on any atom is 0.122 e. The van der Waals surface area contributed by atoms with Crippen molar-refractivity contribution >= 4 is 33.5 Å². The molecule has 2 nitrogen and oxygen atoms in total. The van der Waals surface area contributed by atoms with Crippen molar-refractivity contribution in [2.45, 2.75) is 13.8 Å². The van der Waals surface area contributed by atoms with Crippen LogP contribution in [0.2, 0.25) is 0 Å². The third kappa shape index (κ3) is 1.30. The van der Waals surface area contributed by atoms with Gasteiger partial charge in [0.15, 0.2) is 0 Å². The van der Waals surface area contributed by atoms with Crippen molar-refractivity contribution in [2.75, 3.05) is 7.11 Å². The fourth-order valence-corrected chi connectivity index (χ4v) is 2.58. The first kappa shape index (κ1) is 9.83. The van der Waals surface area contributed by atoms with Crippen LogP contribution in [0.5, 0.6) is 5.75 Å². The van der Waals surface area contributed by atoms with Crippen molar-refractivity contribution in [2.24, 2.45) is 0 Å². The maximum absolute atomic E-state index is 5.30. The normalized spacial score (nSPS) is 10.9. The van der Waals surface area contributed by atoms with Gasteiger partial charge >= 0.3 is 0 Å². The maximum atomic E-state index is 5.30. The highest BCUT2D eigenvalue weighted by Crippen LogP contribution is 2.31. The number of halogens is 1. The SMILES string of the molecule is COc1ccc2[nH]c(C)c(I)c2c1C. The van der Waals surface area contributed by atoms with Gasteiger partial charge in [0.1, 0.15) is 5.75 Å². The summed E-state index contributed by atoms with van der Waals surface area (Å²) in [5.74, 6) is 0.953. The minimum absolute atomic E-state index is 0.953. The van der Waals surface area contributed by atoms with Crippen LogP contribution in [-0.2, 0) is 0 Å². The molecule has 2 aromatic rings. The highest BCUT2D eigenvalue weighted by molar-refractivity contribution is 14.1. The lowest BCUT2D eigenvalue weighted by Crippen LogP contribution is -1.87. The van der Waals surface area contributed by atoms with E-state index in [0.29, 0.717) is 0 Å². The Morgan fingerprint density at radius 1 is 1.29 bits per heavy atom. The highest BCUT2D eigenvalue weighted by atomic mass is 127. The molecule has 0 saturated carbocycles. The molecule has 0 aliphatic heterocycles. The number of nitrogens with one attached hydrogen (secondary N) is 1. The predicted octanol–water partition coefficient (Wildman–Crippen LogP) is 3.40. The molecule has 0 fully saturated rings. The molecule has 0 amide bonds. The topological polar surface area (TPSA) is 25.0 Å². The smallest absolute Gasteiger partial charge is 0.122 e. The molecular weight excluding hydrogens is 289 g/mol. The van der Waals surface area contributed by atoms with E-state index in [-0.39, 0.29) is 0 Å². The Bertz CT molecular complexity index is 487. The zero-order valence-corrected chi connectivity index (χ0v) is 10.6. The molecule has 14 heavy (non-hydrogen) atoms. The molecule has 74 valence electrons. The van der Waals surface area contributed by atoms with Gasteiger partial charge in [-0.25, -0.2) is 0 Å². The summed E-state index contributed by atoms with van der Waals surface area (Å²) in [7, 11) is 1.71. The third-order valence-electron chi connectivity index (χ3n) is 2.51. The molecule has 1 N–H and O–H groups in total. The Labute approximate surface area is 96.8 Å². The summed E-state index contributed by atoms with van der Waals surface area (Å²) in [5.41, 5.74) is 3.61. The van der Waals surface area contributed by atoms with Gasteiger partial charge in [0.25, 0.3) is 0 Å². The monoisotopic (exact) mass is 301 g/mol. The predicted molar refractivity (Wildman–Crippen MR) is 67.0 cm³/mol. The molecular formula is C11H12INO. The molecule has 0 aliphatic carbocycles. The molecule has 1 aromatic heterocycles. The number of aromatic amines is 1. The highest BCUT2D eigenvalue weighted by Gasteiger charge is 2.10. The lowest BCUT2D eigenvalue weighted by atomic mass is 10.1. The summed E-state index contributed by atoms with van der Waals surface area (Å²) in [6, 6.07) is 4.07. The first-order chi connectivity index (χ1) is 6.65. The summed E-state index contributed by atoms with van der Waals surface area (Å²) in [6.45, 7) is 4.18. The Morgan fingerprint density at radius 3 is 2.64 bits per heavy atom. The standard InChI is InChI=1S/C11H12INO/c1-6-9(14-3)5-4-8-10(6)11(12)7(2)13-8/h4-5,13H,1-3H3. The summed E-state index contributed by atoms with van der Waals surface area (Å²) in [5, 5.41) is 1.28. The number of benzene rings is 1. The van der Waals surface area contributed by atoms with Crippen molar-refractivity contribution in [3.8, 4) is 5.75 Å². The number of hydrogen-bond donors (Lipinski definition) is 1. The third-order valence-corrected chi connectivity index (χ3v) is 3.85. The minimum Gasteiger partial charge on any atom is -0.496 e. The molecule has 0 aliphatic rings. The van der Waals surface area contributed by atoms with E-state index in [0.717, 1.165) is 5.75 Å². The Kier molecular flexibility index (Phi) is 2.43. The van der Waals surface area contributed by atoms with E-state index in [4.69, 9.17) is 4.74 Å². The van der Waals surface area contributed by atoms with E-state index >= 15 is 0 Å². The van der Waals surface area contributed by atoms with Crippen LogP contribution in [0.1, 0.15) is 11.3 Å². The van der Waals surface area contributed by atoms with Crippen molar-refractivity contribution in [3.63, 3.8) is 0 Å². The quantitative estimate of drug-likeness (QED) is 0.802. The van der Waals surface area contributed by atoms with Crippen molar-refractivity contribution in [1.29, 1.82) is 0 Å². The van der Waals surface area contributed by atoms with E-state index in [1.807, 2.05) is 6.07 Å². The number of hydrogen-bond acceptors (Lipinski definition) is 1. The van der Waals surface area contributed by atoms with E-state index in [1.165, 1.54) is 25.7 Å². The Hall–Kier alpha value is -0.710. The van der Waals surface area contributed by atoms with Gasteiger partial charge in [0.2, 0.25) is 0 Å². The summed E-state index contributed by atoms with van der Waals surface area (Å²) >= 11 is 2.37. The van der Waals surface area contributed by atoms with E-state index in [1.54, 1.807) is 7.11 Å². The van der Waals surface area contributed by atoms with Crippen LogP contribution in [0, 0.1) is 17.4 Å². The summed E-state index contributed by atoms with van der Waals surface area (Å²) in [6.07, 6.45) is 0. The molecule has 0 radical (unpaired) electrons. The Morgan fingerprint density at radius 2 is 2.00 bits per heavy atom. The Balaban J connectivity index is 2.86. The van der Waals surface area contributed by atoms with Crippen LogP contribution >= 0.6 is 22.6 Å². The minimum atomic E-state index is 0.953. The largest absolute Gasteiger partial charge is 0.496 e. The van der Waals surface area contributed by atoms with E-state index in [2.05, 4.69) is 47.5 Å². The van der Waals surface area contributed by atoms with Crippen LogP contribution in [0.3, 0.4) is 0 Å². The molecule has 2 rings (SSSR count). The van der Waals surface area contributed by atoms with Gasteiger partial charge in [-0.05, 0) is 48.6 Å². The first-order valence-electron chi connectivity index (χ1n) is 4.46. The second-order valence-electron chi connectivity index (χ2n) is 3.38. The molecule has 1 heterocycles. The second-order valence-corrected chi connectivity index (χ2v) is 4.46. The van der Waals surface area contributed by atoms with Crippen molar-refractivity contribution in [3.05, 3.63) is 27.0 Å². The number of H-pyrrole nitrogens is 1. The number of fused-ring (bicyclic) bond motifs is 1. The zero-order chi connectivity index (χ0) is 10.3. The lowest BCUT2D eigenvalue weighted by Gasteiger charge is -2.05. The summed E-state index contributed by atoms with van der Waals surface area (Å²) in [4.78, 5) is 3.36. The van der Waals surface area contributed by atoms with E-state index < -0.39 is 0 Å². The van der Waals surface area contributed by atoms with Gasteiger partial charge < -0.3 is 9.72 Å². The number of methoxy groups -OCH3 is 1. The second kappa shape index (κ2) is 3.46. The van der Waals surface area contributed by atoms with Crippen molar-refractivity contribution < 1.29 is 4.74 Å². The van der Waals surface area contributed by atoms with Gasteiger partial charge in [0.05, 0.1) is 7.11 Å². The molecule has 3 heteroatoms. The van der Waals surface area contributed by atoms with Gasteiger partial charge in [-0.1, -0.05) is 0 Å². The molecule has 0 bridgehead atoms. The number of aromatic nitrogens is 1.